The van der Waals surface area contributed by atoms with Crippen LogP contribution in [0.1, 0.15) is 16.7 Å². The smallest absolute Gasteiger partial charge is 0.216 e. The van der Waals surface area contributed by atoms with Gasteiger partial charge >= 0.3 is 0 Å². The summed E-state index contributed by atoms with van der Waals surface area (Å²) in [7, 11) is 0. The first-order chi connectivity index (χ1) is 11.8. The van der Waals surface area contributed by atoms with Crippen LogP contribution in [0.15, 0.2) is 90.7 Å². The average Bonchev–Trinajstić information content (AvgIpc) is 2.65. The molecule has 24 heavy (non-hydrogen) atoms. The van der Waals surface area contributed by atoms with Crippen molar-refractivity contribution in [3.05, 3.63) is 113 Å². The van der Waals surface area contributed by atoms with Crippen molar-refractivity contribution in [2.75, 3.05) is 0 Å². The van der Waals surface area contributed by atoms with Gasteiger partial charge in [-0.15, -0.1) is 5.73 Å². The Balaban J connectivity index is 1.90. The van der Waals surface area contributed by atoms with Crippen molar-refractivity contribution >= 4 is 24.1 Å². The lowest BCUT2D eigenvalue weighted by atomic mass is 10.1. The predicted octanol–water partition coefficient (Wildman–Crippen LogP) is 5.27. The van der Waals surface area contributed by atoms with E-state index in [-0.39, 0.29) is 0 Å². The minimum Gasteiger partial charge on any atom is -0.618 e. The van der Waals surface area contributed by atoms with Crippen molar-refractivity contribution in [3.8, 4) is 0 Å². The highest BCUT2D eigenvalue weighted by atomic mass is 16.5. The van der Waals surface area contributed by atoms with Gasteiger partial charge in [0.1, 0.15) is 0 Å². The first-order valence-electron chi connectivity index (χ1n) is 7.76. The van der Waals surface area contributed by atoms with Crippen LogP contribution >= 0.6 is 0 Å². The lowest BCUT2D eigenvalue weighted by molar-refractivity contribution is -0.354. The lowest BCUT2D eigenvalue weighted by Gasteiger charge is -2.04. The minimum absolute atomic E-state index is 0.608. The molecule has 2 nitrogen and oxygen atoms in total. The number of nitrogens with zero attached hydrogens (tertiary/aromatic N) is 1. The van der Waals surface area contributed by atoms with Crippen LogP contribution in [0.2, 0.25) is 0 Å². The summed E-state index contributed by atoms with van der Waals surface area (Å²) >= 11 is 0. The Bertz CT molecular complexity index is 890. The third-order valence-corrected chi connectivity index (χ3v) is 3.55. The Labute approximate surface area is 141 Å². The summed E-state index contributed by atoms with van der Waals surface area (Å²) in [4.78, 5) is 0. The highest BCUT2D eigenvalue weighted by Gasteiger charge is 2.03. The molecule has 0 amide bonds. The largest absolute Gasteiger partial charge is 0.618 e. The molecular formula is C22H17NO. The van der Waals surface area contributed by atoms with Crippen LogP contribution in [0.25, 0.3) is 12.2 Å². The second-order valence-corrected chi connectivity index (χ2v) is 5.29. The van der Waals surface area contributed by atoms with E-state index >= 15 is 0 Å². The summed E-state index contributed by atoms with van der Waals surface area (Å²) in [6.07, 6.45) is 5.39. The van der Waals surface area contributed by atoms with Gasteiger partial charge in [0, 0.05) is 17.7 Å². The molecule has 0 N–H and O–H groups in total. The van der Waals surface area contributed by atoms with Gasteiger partial charge in [0.05, 0.1) is 0 Å². The van der Waals surface area contributed by atoms with Crippen LogP contribution < -0.4 is 0 Å². The maximum Gasteiger partial charge on any atom is 0.216 e. The molecule has 0 aliphatic rings. The zero-order chi connectivity index (χ0) is 16.6. The van der Waals surface area contributed by atoms with Gasteiger partial charge in [-0.2, -0.15) is 4.74 Å². The first kappa shape index (κ1) is 15.5. The third-order valence-electron chi connectivity index (χ3n) is 3.55. The molecule has 2 heteroatoms. The monoisotopic (exact) mass is 311 g/mol. The van der Waals surface area contributed by atoms with Gasteiger partial charge in [0.25, 0.3) is 0 Å². The fourth-order valence-corrected chi connectivity index (χ4v) is 2.31. The molecule has 0 aliphatic carbocycles. The van der Waals surface area contributed by atoms with Gasteiger partial charge in [-0.3, -0.25) is 0 Å². The standard InChI is InChI=1S/C22H17NO/c24-23(22-16-5-2-6-17-22)18-21-14-8-7-13-20(21)15-9-12-19-10-3-1-4-11-19/h1-8,10-18H/b23-18-. The quantitative estimate of drug-likeness (QED) is 0.212. The van der Waals surface area contributed by atoms with Crippen molar-refractivity contribution in [2.45, 2.75) is 0 Å². The van der Waals surface area contributed by atoms with E-state index in [9.17, 15) is 5.21 Å². The van der Waals surface area contributed by atoms with Crippen molar-refractivity contribution in [1.82, 2.24) is 0 Å². The summed E-state index contributed by atoms with van der Waals surface area (Å²) in [6, 6.07) is 26.9. The minimum atomic E-state index is 0.608. The number of benzene rings is 3. The van der Waals surface area contributed by atoms with E-state index in [0.717, 1.165) is 21.4 Å². The molecule has 0 fully saturated rings. The Morgan fingerprint density at radius 3 is 1.96 bits per heavy atom. The zero-order valence-electron chi connectivity index (χ0n) is 13.2. The van der Waals surface area contributed by atoms with Gasteiger partial charge < -0.3 is 5.21 Å². The Hall–Kier alpha value is -3.35. The third kappa shape index (κ3) is 4.10. The molecule has 0 unspecified atom stereocenters. The predicted molar refractivity (Wildman–Crippen MR) is 100 cm³/mol. The van der Waals surface area contributed by atoms with Crippen molar-refractivity contribution < 1.29 is 4.74 Å². The summed E-state index contributed by atoms with van der Waals surface area (Å²) in [6.45, 7) is 0. The fourth-order valence-electron chi connectivity index (χ4n) is 2.31. The maximum atomic E-state index is 12.3. The second-order valence-electron chi connectivity index (χ2n) is 5.29. The number of hydrogen-bond donors (Lipinski definition) is 0. The van der Waals surface area contributed by atoms with Crippen molar-refractivity contribution in [3.63, 3.8) is 0 Å². The normalized spacial score (nSPS) is 10.8. The molecule has 3 aromatic carbocycles. The van der Waals surface area contributed by atoms with Gasteiger partial charge in [-0.05, 0) is 29.3 Å². The summed E-state index contributed by atoms with van der Waals surface area (Å²) in [5.41, 5.74) is 6.67. The van der Waals surface area contributed by atoms with E-state index in [1.165, 1.54) is 0 Å². The van der Waals surface area contributed by atoms with E-state index in [2.05, 4.69) is 5.73 Å². The van der Waals surface area contributed by atoms with Gasteiger partial charge in [-0.1, -0.05) is 66.7 Å². The van der Waals surface area contributed by atoms with Crippen LogP contribution in [-0.4, -0.2) is 11.0 Å². The maximum absolute atomic E-state index is 12.3. The van der Waals surface area contributed by atoms with Crippen molar-refractivity contribution in [1.29, 1.82) is 0 Å². The van der Waals surface area contributed by atoms with Gasteiger partial charge in [0.15, 0.2) is 6.21 Å². The Morgan fingerprint density at radius 1 is 0.667 bits per heavy atom. The zero-order valence-corrected chi connectivity index (χ0v) is 13.2. The molecule has 0 heterocycles. The first-order valence-corrected chi connectivity index (χ1v) is 7.76. The van der Waals surface area contributed by atoms with E-state index in [4.69, 9.17) is 0 Å². The number of para-hydroxylation sites is 1. The topological polar surface area (TPSA) is 26.1 Å². The Kier molecular flexibility index (Phi) is 5.03. The molecule has 3 aromatic rings. The van der Waals surface area contributed by atoms with Crippen LogP contribution in [0.5, 0.6) is 0 Å². The highest BCUT2D eigenvalue weighted by molar-refractivity contribution is 5.83. The van der Waals surface area contributed by atoms with E-state index < -0.39 is 0 Å². The molecule has 0 saturated heterocycles. The van der Waals surface area contributed by atoms with Crippen LogP contribution in [0, 0.1) is 5.21 Å². The number of rotatable bonds is 4. The molecule has 0 aromatic heterocycles. The molecule has 0 radical (unpaired) electrons. The second kappa shape index (κ2) is 7.77. The molecule has 0 spiro atoms. The summed E-state index contributed by atoms with van der Waals surface area (Å²) < 4.78 is 0.883. The molecule has 116 valence electrons. The SMILES string of the molecule is [O-]/[N+](=C\c1ccccc1C=C=Cc1ccccc1)c1ccccc1. The summed E-state index contributed by atoms with van der Waals surface area (Å²) in [5.74, 6) is 0. The van der Waals surface area contributed by atoms with Gasteiger partial charge in [-0.25, -0.2) is 0 Å². The fraction of sp³-hybridized carbons (Fsp3) is 0. The summed E-state index contributed by atoms with van der Waals surface area (Å²) in [5, 5.41) is 12.3. The van der Waals surface area contributed by atoms with Crippen LogP contribution in [0.4, 0.5) is 5.69 Å². The molecule has 0 atom stereocenters. The average molecular weight is 311 g/mol. The van der Waals surface area contributed by atoms with Crippen LogP contribution in [0.3, 0.4) is 0 Å². The van der Waals surface area contributed by atoms with E-state index in [1.54, 1.807) is 18.3 Å². The number of hydrogen-bond acceptors (Lipinski definition) is 1. The lowest BCUT2D eigenvalue weighted by Crippen LogP contribution is -2.00. The molecule has 3 rings (SSSR count). The van der Waals surface area contributed by atoms with Crippen molar-refractivity contribution in [2.24, 2.45) is 0 Å². The van der Waals surface area contributed by atoms with E-state index in [0.29, 0.717) is 5.69 Å². The molecule has 0 bridgehead atoms. The Morgan fingerprint density at radius 2 is 1.25 bits per heavy atom. The van der Waals surface area contributed by atoms with Gasteiger partial charge in [0.2, 0.25) is 5.69 Å². The van der Waals surface area contributed by atoms with E-state index in [1.807, 2.05) is 84.9 Å². The molecular weight excluding hydrogens is 294 g/mol. The molecule has 0 saturated carbocycles. The molecule has 0 aliphatic heterocycles. The highest BCUT2D eigenvalue weighted by Crippen LogP contribution is 2.12. The van der Waals surface area contributed by atoms with Crippen LogP contribution in [-0.2, 0) is 0 Å².